The molecule has 0 aliphatic rings. The molecule has 9 nitrogen and oxygen atoms in total. The Morgan fingerprint density at radius 2 is 1.89 bits per heavy atom. The van der Waals surface area contributed by atoms with Gasteiger partial charge < -0.3 is 21.3 Å². The third-order valence-electron chi connectivity index (χ3n) is 1.93. The van der Waals surface area contributed by atoms with Crippen LogP contribution in [0.2, 0.25) is 0 Å². The first-order valence-electron chi connectivity index (χ1n) is 4.83. The van der Waals surface area contributed by atoms with Crippen LogP contribution in [0.1, 0.15) is 12.8 Å². The Morgan fingerprint density at radius 1 is 1.28 bits per heavy atom. The third-order valence-corrected chi connectivity index (χ3v) is 2.51. The molecule has 0 unspecified atom stereocenters. The van der Waals surface area contributed by atoms with Crippen LogP contribution in [-0.2, 0) is 14.4 Å². The molecule has 0 bridgehead atoms. The Labute approximate surface area is 106 Å². The summed E-state index contributed by atoms with van der Waals surface area (Å²) in [4.78, 5) is 42.2. The molecule has 10 heteroatoms. The van der Waals surface area contributed by atoms with Gasteiger partial charge in [-0.3, -0.25) is 9.59 Å². The van der Waals surface area contributed by atoms with Crippen molar-refractivity contribution >= 4 is 29.8 Å². The van der Waals surface area contributed by atoms with Crippen LogP contribution in [0.15, 0.2) is 4.58 Å². The maximum Gasteiger partial charge on any atom is 0.327 e. The normalized spacial score (nSPS) is 13.4. The van der Waals surface area contributed by atoms with Crippen LogP contribution in [-0.4, -0.2) is 45.9 Å². The summed E-state index contributed by atoms with van der Waals surface area (Å²) in [5.41, 5.74) is 5.18. The molecule has 0 aromatic carbocycles. The van der Waals surface area contributed by atoms with Crippen molar-refractivity contribution in [2.75, 3.05) is 5.75 Å². The van der Waals surface area contributed by atoms with Crippen LogP contribution in [0.5, 0.6) is 0 Å². The lowest BCUT2D eigenvalue weighted by Crippen LogP contribution is -2.43. The van der Waals surface area contributed by atoms with Gasteiger partial charge >= 0.3 is 11.9 Å². The first-order chi connectivity index (χ1) is 8.38. The summed E-state index contributed by atoms with van der Waals surface area (Å²) < 4.78 is 2.42. The quantitative estimate of drug-likeness (QED) is 0.314. The summed E-state index contributed by atoms with van der Waals surface area (Å²) in [5.74, 6) is -3.39. The highest BCUT2D eigenvalue weighted by Gasteiger charge is 2.21. The second-order valence-corrected chi connectivity index (χ2v) is 4.05. The minimum atomic E-state index is -1.30. The summed E-state index contributed by atoms with van der Waals surface area (Å²) in [5, 5.41) is 19.3. The minimum Gasteiger partial charge on any atom is -0.480 e. The molecule has 102 valence electrons. The molecule has 1 amide bonds. The Kier molecular flexibility index (Phi) is 7.63. The standard InChI is InChI=1S/C8H13N3O6S/c9-4(7(13)14)1-2-6(12)10-5(8(15)16)3-18-11-17/h4-5H,1-3,9H2,(H,10,12)(H,13,14)(H,15,16)/t4-,5-/m0/s1. The second-order valence-electron chi connectivity index (χ2n) is 3.31. The Balaban J connectivity index is 4.13. The molecule has 0 rings (SSSR count). The first-order valence-corrected chi connectivity index (χ1v) is 5.78. The summed E-state index contributed by atoms with van der Waals surface area (Å²) >= 11 is 0.471. The van der Waals surface area contributed by atoms with Crippen LogP contribution in [0.25, 0.3) is 0 Å². The zero-order valence-corrected chi connectivity index (χ0v) is 10.1. The SMILES string of the molecule is N[C@@H](CCC(=O)N[C@@H](CSN=O)C(=O)O)C(=O)O. The number of nitrogens with one attached hydrogen (secondary N) is 1. The van der Waals surface area contributed by atoms with Gasteiger partial charge in [0.05, 0.1) is 0 Å². The Morgan fingerprint density at radius 3 is 2.33 bits per heavy atom. The van der Waals surface area contributed by atoms with Crippen LogP contribution in [0.4, 0.5) is 0 Å². The van der Waals surface area contributed by atoms with E-state index in [1.807, 2.05) is 0 Å². The van der Waals surface area contributed by atoms with Crippen molar-refractivity contribution in [1.82, 2.24) is 5.32 Å². The average Bonchev–Trinajstić information content (AvgIpc) is 2.30. The number of aliphatic carboxylic acids is 2. The molecular formula is C8H13N3O6S. The van der Waals surface area contributed by atoms with Crippen molar-refractivity contribution in [1.29, 1.82) is 0 Å². The van der Waals surface area contributed by atoms with Gasteiger partial charge in [0.1, 0.15) is 12.1 Å². The summed E-state index contributed by atoms with van der Waals surface area (Å²) in [7, 11) is 0. The molecule has 0 aromatic rings. The van der Waals surface area contributed by atoms with Gasteiger partial charge in [-0.15, -0.1) is 4.91 Å². The Hall–Kier alpha value is -1.68. The number of hydrogen-bond donors (Lipinski definition) is 4. The number of nitroso groups, excluding NO2 is 1. The zero-order valence-electron chi connectivity index (χ0n) is 9.24. The molecular weight excluding hydrogens is 266 g/mol. The van der Waals surface area contributed by atoms with Crippen molar-refractivity contribution in [3.8, 4) is 0 Å². The van der Waals surface area contributed by atoms with E-state index in [0.717, 1.165) is 0 Å². The molecule has 0 fully saturated rings. The highest BCUT2D eigenvalue weighted by Crippen LogP contribution is 2.04. The number of carbonyl (C=O) groups excluding carboxylic acids is 1. The average molecular weight is 279 g/mol. The maximum absolute atomic E-state index is 11.3. The number of carboxylic acids is 2. The van der Waals surface area contributed by atoms with E-state index in [0.29, 0.717) is 11.9 Å². The van der Waals surface area contributed by atoms with E-state index >= 15 is 0 Å². The third kappa shape index (κ3) is 6.81. The second kappa shape index (κ2) is 8.42. The molecule has 0 aliphatic heterocycles. The van der Waals surface area contributed by atoms with Gasteiger partial charge in [-0.2, -0.15) is 0 Å². The van der Waals surface area contributed by atoms with Crippen LogP contribution in [0.3, 0.4) is 0 Å². The lowest BCUT2D eigenvalue weighted by Gasteiger charge is -2.12. The Bertz CT molecular complexity index is 337. The van der Waals surface area contributed by atoms with Crippen LogP contribution >= 0.6 is 11.9 Å². The molecule has 0 saturated carbocycles. The molecule has 0 radical (unpaired) electrons. The van der Waals surface area contributed by atoms with Crippen molar-refractivity contribution in [3.05, 3.63) is 4.91 Å². The number of amides is 1. The van der Waals surface area contributed by atoms with E-state index in [-0.39, 0.29) is 18.6 Å². The monoisotopic (exact) mass is 279 g/mol. The topological polar surface area (TPSA) is 159 Å². The van der Waals surface area contributed by atoms with E-state index in [1.165, 1.54) is 0 Å². The van der Waals surface area contributed by atoms with Gasteiger partial charge in [-0.05, 0) is 6.42 Å². The fraction of sp³-hybridized carbons (Fsp3) is 0.625. The minimum absolute atomic E-state index is 0.105. The molecule has 0 aliphatic carbocycles. The van der Waals surface area contributed by atoms with Crippen molar-refractivity contribution in [3.63, 3.8) is 0 Å². The van der Waals surface area contributed by atoms with Gasteiger partial charge in [-0.1, -0.05) is 0 Å². The van der Waals surface area contributed by atoms with Gasteiger partial charge in [0.2, 0.25) is 5.91 Å². The predicted octanol–water partition coefficient (Wildman–Crippen LogP) is -0.837. The van der Waals surface area contributed by atoms with Gasteiger partial charge in [0, 0.05) is 28.7 Å². The molecule has 5 N–H and O–H groups in total. The number of carboxylic acid groups (broad SMARTS) is 2. The van der Waals surface area contributed by atoms with Crippen molar-refractivity contribution in [2.24, 2.45) is 10.3 Å². The van der Waals surface area contributed by atoms with E-state index in [4.69, 9.17) is 15.9 Å². The first kappa shape index (κ1) is 16.3. The predicted molar refractivity (Wildman–Crippen MR) is 62.7 cm³/mol. The van der Waals surface area contributed by atoms with Crippen molar-refractivity contribution < 1.29 is 24.6 Å². The van der Waals surface area contributed by atoms with Crippen LogP contribution in [0, 0.1) is 4.91 Å². The zero-order chi connectivity index (χ0) is 14.1. The fourth-order valence-electron chi connectivity index (χ4n) is 0.956. The lowest BCUT2D eigenvalue weighted by molar-refractivity contribution is -0.141. The number of hydrogen-bond acceptors (Lipinski definition) is 7. The van der Waals surface area contributed by atoms with Gasteiger partial charge in [0.25, 0.3) is 0 Å². The van der Waals surface area contributed by atoms with Gasteiger partial charge in [-0.25, -0.2) is 4.79 Å². The molecule has 0 heterocycles. The molecule has 0 aromatic heterocycles. The van der Waals surface area contributed by atoms with Crippen molar-refractivity contribution in [2.45, 2.75) is 24.9 Å². The lowest BCUT2D eigenvalue weighted by atomic mass is 10.1. The molecule has 0 saturated heterocycles. The highest BCUT2D eigenvalue weighted by atomic mass is 32.2. The summed E-state index contributed by atoms with van der Waals surface area (Å²) in [6, 6.07) is -2.42. The molecule has 0 spiro atoms. The number of nitrogens with zero attached hydrogens (tertiary/aromatic N) is 1. The number of nitrogens with two attached hydrogens (primary N) is 1. The molecule has 2 atom stereocenters. The van der Waals surface area contributed by atoms with E-state index < -0.39 is 29.9 Å². The summed E-state index contributed by atoms with van der Waals surface area (Å²) in [6.07, 6.45) is -0.316. The maximum atomic E-state index is 11.3. The molecule has 18 heavy (non-hydrogen) atoms. The number of carbonyl (C=O) groups is 3. The number of rotatable bonds is 9. The van der Waals surface area contributed by atoms with E-state index in [2.05, 4.69) is 9.90 Å². The summed E-state index contributed by atoms with van der Waals surface area (Å²) in [6.45, 7) is 0. The van der Waals surface area contributed by atoms with Gasteiger partial charge in [0.15, 0.2) is 0 Å². The highest BCUT2D eigenvalue weighted by molar-refractivity contribution is 7.97. The fourth-order valence-corrected chi connectivity index (χ4v) is 1.39. The van der Waals surface area contributed by atoms with Crippen LogP contribution < -0.4 is 11.1 Å². The van der Waals surface area contributed by atoms with E-state index in [1.54, 1.807) is 0 Å². The largest absolute Gasteiger partial charge is 0.480 e. The smallest absolute Gasteiger partial charge is 0.327 e. The van der Waals surface area contributed by atoms with E-state index in [9.17, 15) is 19.3 Å².